The lowest BCUT2D eigenvalue weighted by Gasteiger charge is -2.34. The Morgan fingerprint density at radius 3 is 2.54 bits per heavy atom. The number of nitrogens with zero attached hydrogens (tertiary/aromatic N) is 2. The third kappa shape index (κ3) is 8.56. The Kier molecular flexibility index (Phi) is 9.20. The van der Waals surface area contributed by atoms with Gasteiger partial charge in [-0.15, -0.1) is 0 Å². The van der Waals surface area contributed by atoms with Gasteiger partial charge in [0.1, 0.15) is 12.6 Å². The zero-order chi connectivity index (χ0) is 29.4. The fourth-order valence-corrected chi connectivity index (χ4v) is 6.00. The highest BCUT2D eigenvalue weighted by atomic mass is 28.3. The first-order valence-electron chi connectivity index (χ1n) is 15.1. The molecule has 3 atom stereocenters. The highest BCUT2D eigenvalue weighted by Gasteiger charge is 2.45. The number of nitrogens with one attached hydrogen (secondary N) is 1. The van der Waals surface area contributed by atoms with Crippen LogP contribution in [0.1, 0.15) is 75.3 Å². The average Bonchev–Trinajstić information content (AvgIpc) is 3.81. The van der Waals surface area contributed by atoms with E-state index in [4.69, 9.17) is 24.9 Å². The van der Waals surface area contributed by atoms with Crippen LogP contribution < -0.4 is 11.1 Å². The molecule has 0 bridgehead atoms. The molecule has 2 aromatic rings. The van der Waals surface area contributed by atoms with E-state index in [0.29, 0.717) is 25.8 Å². The normalized spacial score (nSPS) is 21.4. The van der Waals surface area contributed by atoms with Crippen LogP contribution in [0.25, 0.3) is 11.0 Å². The molecule has 0 unspecified atom stereocenters. The lowest BCUT2D eigenvalue weighted by atomic mass is 9.79. The van der Waals surface area contributed by atoms with Gasteiger partial charge in [0.25, 0.3) is 0 Å². The minimum Gasteiger partial charge on any atom is -0.376 e. The molecule has 1 heterocycles. The molecular formula is C30H46F2N4O4Si. The van der Waals surface area contributed by atoms with Crippen LogP contribution in [0, 0.1) is 5.92 Å². The van der Waals surface area contributed by atoms with E-state index < -0.39 is 26.1 Å². The molecule has 3 N–H and O–H groups in total. The van der Waals surface area contributed by atoms with E-state index in [1.165, 1.54) is 0 Å². The minimum atomic E-state index is -2.64. The minimum absolute atomic E-state index is 0.0963. The van der Waals surface area contributed by atoms with Crippen molar-refractivity contribution in [1.29, 1.82) is 0 Å². The Morgan fingerprint density at radius 1 is 1.20 bits per heavy atom. The summed E-state index contributed by atoms with van der Waals surface area (Å²) in [5.41, 5.74) is 9.21. The van der Waals surface area contributed by atoms with Gasteiger partial charge in [0.05, 0.1) is 48.0 Å². The van der Waals surface area contributed by atoms with Gasteiger partial charge in [-0.25, -0.2) is 13.8 Å². The second-order valence-electron chi connectivity index (χ2n) is 13.5. The first-order valence-corrected chi connectivity index (χ1v) is 18.9. The van der Waals surface area contributed by atoms with E-state index in [9.17, 15) is 13.6 Å². The molecule has 3 saturated carbocycles. The van der Waals surface area contributed by atoms with Gasteiger partial charge in [-0.3, -0.25) is 4.79 Å². The van der Waals surface area contributed by atoms with Crippen LogP contribution in [0.2, 0.25) is 25.7 Å². The standard InChI is InChI=1S/C30H46F2N4O4Si/c1-19(40-23-8-9-23)28(33)29-35-24-14-21(5-10-26(24)36(29)18-38-11-12-41(2,3)4)25(17-39-22-6-7-22)34-27(37)13-20-15-30(31,32)16-20/h5,10,14,19-20,22-23,25,28H,6-9,11-13,15-18,33H2,1-4H3,(H,34,37)/t19-,25-,28+/m1/s1. The van der Waals surface area contributed by atoms with Crippen LogP contribution >= 0.6 is 0 Å². The third-order valence-corrected chi connectivity index (χ3v) is 9.87. The number of benzene rings is 1. The molecule has 0 radical (unpaired) electrons. The second kappa shape index (κ2) is 12.4. The number of imidazole rings is 1. The van der Waals surface area contributed by atoms with Crippen molar-refractivity contribution in [1.82, 2.24) is 14.9 Å². The van der Waals surface area contributed by atoms with Crippen LogP contribution in [-0.4, -0.2) is 61.0 Å². The molecule has 0 aliphatic heterocycles. The van der Waals surface area contributed by atoms with Crippen LogP contribution in [0.4, 0.5) is 8.78 Å². The number of hydrogen-bond donors (Lipinski definition) is 2. The van der Waals surface area contributed by atoms with Crippen LogP contribution in [0.15, 0.2) is 18.2 Å². The Bertz CT molecular complexity index is 1200. The van der Waals surface area contributed by atoms with E-state index in [1.54, 1.807) is 0 Å². The van der Waals surface area contributed by atoms with Gasteiger partial charge >= 0.3 is 0 Å². The van der Waals surface area contributed by atoms with Crippen molar-refractivity contribution in [2.24, 2.45) is 11.7 Å². The number of aromatic nitrogens is 2. The van der Waals surface area contributed by atoms with E-state index >= 15 is 0 Å². The van der Waals surface area contributed by atoms with Crippen molar-refractivity contribution < 1.29 is 27.8 Å². The fourth-order valence-electron chi connectivity index (χ4n) is 5.24. The van der Waals surface area contributed by atoms with E-state index in [0.717, 1.165) is 48.3 Å². The van der Waals surface area contributed by atoms with Crippen LogP contribution in [-0.2, 0) is 25.7 Å². The summed E-state index contributed by atoms with van der Waals surface area (Å²) in [5.74, 6) is -2.44. The molecule has 0 spiro atoms. The van der Waals surface area contributed by atoms with E-state index in [2.05, 4.69) is 25.0 Å². The van der Waals surface area contributed by atoms with Crippen LogP contribution in [0.3, 0.4) is 0 Å². The summed E-state index contributed by atoms with van der Waals surface area (Å²) >= 11 is 0. The number of nitrogens with two attached hydrogens (primary N) is 1. The monoisotopic (exact) mass is 592 g/mol. The molecule has 1 aromatic heterocycles. The number of amides is 1. The number of carbonyl (C=O) groups is 1. The van der Waals surface area contributed by atoms with Gasteiger partial charge in [-0.05, 0) is 62.3 Å². The smallest absolute Gasteiger partial charge is 0.248 e. The molecule has 0 saturated heterocycles. The van der Waals surface area contributed by atoms with Gasteiger partial charge in [0.2, 0.25) is 11.8 Å². The fraction of sp³-hybridized carbons (Fsp3) is 0.733. The average molecular weight is 593 g/mol. The quantitative estimate of drug-likeness (QED) is 0.192. The number of hydrogen-bond acceptors (Lipinski definition) is 6. The van der Waals surface area contributed by atoms with E-state index in [1.807, 2.05) is 29.7 Å². The lowest BCUT2D eigenvalue weighted by Crippen LogP contribution is -2.40. The molecule has 1 aromatic carbocycles. The number of alkyl halides is 2. The number of carbonyl (C=O) groups excluding carboxylic acids is 1. The highest BCUT2D eigenvalue weighted by molar-refractivity contribution is 6.76. The lowest BCUT2D eigenvalue weighted by molar-refractivity contribution is -0.134. The van der Waals surface area contributed by atoms with Crippen molar-refractivity contribution in [2.45, 2.75) is 121 Å². The van der Waals surface area contributed by atoms with Gasteiger partial charge in [-0.2, -0.15) is 0 Å². The molecule has 11 heteroatoms. The molecule has 1 amide bonds. The molecule has 8 nitrogen and oxygen atoms in total. The highest BCUT2D eigenvalue weighted by Crippen LogP contribution is 2.44. The van der Waals surface area contributed by atoms with Gasteiger partial charge in [0.15, 0.2) is 0 Å². The van der Waals surface area contributed by atoms with Crippen molar-refractivity contribution in [3.8, 4) is 0 Å². The molecule has 41 heavy (non-hydrogen) atoms. The first-order chi connectivity index (χ1) is 19.4. The summed E-state index contributed by atoms with van der Waals surface area (Å²) in [5, 5.41) is 3.05. The van der Waals surface area contributed by atoms with Crippen molar-refractivity contribution in [3.05, 3.63) is 29.6 Å². The van der Waals surface area contributed by atoms with Gasteiger partial charge in [0, 0.05) is 33.9 Å². The van der Waals surface area contributed by atoms with Gasteiger partial charge < -0.3 is 29.8 Å². The topological polar surface area (TPSA) is 101 Å². The number of halogens is 2. The zero-order valence-electron chi connectivity index (χ0n) is 24.8. The zero-order valence-corrected chi connectivity index (χ0v) is 25.8. The first kappa shape index (κ1) is 30.5. The summed E-state index contributed by atoms with van der Waals surface area (Å²) in [6, 6.07) is 6.16. The summed E-state index contributed by atoms with van der Waals surface area (Å²) < 4.78 is 46.8. The molecular weight excluding hydrogens is 546 g/mol. The number of rotatable bonds is 16. The Labute approximate surface area is 242 Å². The number of fused-ring (bicyclic) bond motifs is 1. The predicted molar refractivity (Wildman–Crippen MR) is 156 cm³/mol. The summed E-state index contributed by atoms with van der Waals surface area (Å²) in [4.78, 5) is 17.8. The Balaban J connectivity index is 1.35. The second-order valence-corrected chi connectivity index (χ2v) is 19.2. The van der Waals surface area contributed by atoms with Crippen LogP contribution in [0.5, 0.6) is 0 Å². The maximum Gasteiger partial charge on any atom is 0.248 e. The van der Waals surface area contributed by atoms with Crippen molar-refractivity contribution >= 4 is 25.0 Å². The SMILES string of the molecule is C[C@@H](OC1CC1)[C@H](N)c1nc2cc([C@@H](COC3CC3)NC(=O)CC3CC(F)(F)C3)ccc2n1COCC[Si](C)(C)C. The molecule has 5 rings (SSSR count). The van der Waals surface area contributed by atoms with Crippen molar-refractivity contribution in [3.63, 3.8) is 0 Å². The summed E-state index contributed by atoms with van der Waals surface area (Å²) in [7, 11) is -1.24. The van der Waals surface area contributed by atoms with Crippen molar-refractivity contribution in [2.75, 3.05) is 13.2 Å². The predicted octanol–water partition coefficient (Wildman–Crippen LogP) is 5.69. The Morgan fingerprint density at radius 2 is 1.90 bits per heavy atom. The maximum absolute atomic E-state index is 13.3. The Hall–Kier alpha value is -1.92. The molecule has 3 aliphatic rings. The maximum atomic E-state index is 13.3. The summed E-state index contributed by atoms with van der Waals surface area (Å²) in [6.07, 6.45) is 4.10. The molecule has 228 valence electrons. The van der Waals surface area contributed by atoms with Gasteiger partial charge in [-0.1, -0.05) is 25.7 Å². The van der Waals surface area contributed by atoms with E-state index in [-0.39, 0.29) is 49.4 Å². The molecule has 3 fully saturated rings. The molecule has 3 aliphatic carbocycles. The number of ether oxygens (including phenoxy) is 3. The third-order valence-electron chi connectivity index (χ3n) is 8.16. The summed E-state index contributed by atoms with van der Waals surface area (Å²) in [6.45, 7) is 10.3. The largest absolute Gasteiger partial charge is 0.376 e.